The second-order valence-electron chi connectivity index (χ2n) is 7.60. The Bertz CT molecular complexity index is 1340. The lowest BCUT2D eigenvalue weighted by molar-refractivity contribution is -0.113. The normalized spacial score (nSPS) is 16.0. The van der Waals surface area contributed by atoms with Crippen LogP contribution in [-0.4, -0.2) is 50.1 Å². The summed E-state index contributed by atoms with van der Waals surface area (Å²) >= 11 is 2.68. The quantitative estimate of drug-likeness (QED) is 0.382. The highest BCUT2D eigenvalue weighted by Gasteiger charge is 2.23. The van der Waals surface area contributed by atoms with Crippen LogP contribution in [-0.2, 0) is 16.1 Å². The van der Waals surface area contributed by atoms with Crippen LogP contribution in [0.1, 0.15) is 19.8 Å². The van der Waals surface area contributed by atoms with Gasteiger partial charge in [-0.3, -0.25) is 18.6 Å². The fourth-order valence-corrected chi connectivity index (χ4v) is 5.44. The van der Waals surface area contributed by atoms with Crippen molar-refractivity contribution in [2.45, 2.75) is 37.6 Å². The van der Waals surface area contributed by atoms with Gasteiger partial charge in [0.15, 0.2) is 5.16 Å². The lowest BCUT2D eigenvalue weighted by Crippen LogP contribution is -2.28. The number of carbonyl (C=O) groups is 1. The SMILES string of the molecule is CCOc1ccc(NC(=O)CSc2nnc3n(CC4CCCO4)c(=O)c4sccc4n23)cc1. The van der Waals surface area contributed by atoms with Crippen LogP contribution in [0, 0.1) is 0 Å². The number of anilines is 1. The minimum atomic E-state index is -0.157. The maximum Gasteiger partial charge on any atom is 0.272 e. The molecule has 0 aliphatic carbocycles. The number of rotatable bonds is 8. The molecule has 1 aliphatic heterocycles. The second-order valence-corrected chi connectivity index (χ2v) is 9.46. The van der Waals surface area contributed by atoms with Crippen molar-refractivity contribution in [1.29, 1.82) is 0 Å². The van der Waals surface area contributed by atoms with Crippen LogP contribution in [0.5, 0.6) is 5.75 Å². The molecule has 0 radical (unpaired) electrons. The first-order chi connectivity index (χ1) is 16.1. The van der Waals surface area contributed by atoms with Crippen LogP contribution in [0.2, 0.25) is 0 Å². The highest BCUT2D eigenvalue weighted by atomic mass is 32.2. The molecule has 4 heterocycles. The number of carbonyl (C=O) groups excluding carboxylic acids is 1. The van der Waals surface area contributed by atoms with Crippen LogP contribution in [0.3, 0.4) is 0 Å². The molecule has 0 bridgehead atoms. The molecule has 1 fully saturated rings. The number of nitrogens with zero attached hydrogens (tertiary/aromatic N) is 4. The first-order valence-electron chi connectivity index (χ1n) is 10.8. The van der Waals surface area contributed by atoms with Crippen molar-refractivity contribution in [3.05, 3.63) is 46.1 Å². The minimum absolute atomic E-state index is 0.00314. The molecule has 3 aromatic heterocycles. The standard InChI is InChI=1S/C22H23N5O4S2/c1-2-30-15-7-5-14(6-8-15)23-18(28)13-33-22-25-24-21-26(12-16-4-3-10-31-16)20(29)19-17(27(21)22)9-11-32-19/h5-9,11,16H,2-4,10,12-13H2,1H3,(H,23,28). The first kappa shape index (κ1) is 21.9. The van der Waals surface area contributed by atoms with E-state index in [0.717, 1.165) is 24.1 Å². The van der Waals surface area contributed by atoms with Gasteiger partial charge in [-0.2, -0.15) is 0 Å². The van der Waals surface area contributed by atoms with Crippen molar-refractivity contribution in [2.75, 3.05) is 24.3 Å². The molecule has 0 saturated carbocycles. The summed E-state index contributed by atoms with van der Waals surface area (Å²) in [5.74, 6) is 1.23. The zero-order chi connectivity index (χ0) is 22.8. The topological polar surface area (TPSA) is 99.8 Å². The molecule has 1 saturated heterocycles. The minimum Gasteiger partial charge on any atom is -0.494 e. The summed E-state index contributed by atoms with van der Waals surface area (Å²) < 4.78 is 15.3. The Kier molecular flexibility index (Phi) is 6.34. The van der Waals surface area contributed by atoms with Gasteiger partial charge in [-0.1, -0.05) is 11.8 Å². The lowest BCUT2D eigenvalue weighted by atomic mass is 10.2. The van der Waals surface area contributed by atoms with E-state index in [-0.39, 0.29) is 23.3 Å². The molecule has 1 N–H and O–H groups in total. The Morgan fingerprint density at radius 3 is 2.91 bits per heavy atom. The van der Waals surface area contributed by atoms with Gasteiger partial charge in [-0.05, 0) is 55.5 Å². The zero-order valence-corrected chi connectivity index (χ0v) is 19.7. The Labute approximate surface area is 197 Å². The van der Waals surface area contributed by atoms with Gasteiger partial charge in [0, 0.05) is 12.3 Å². The average molecular weight is 486 g/mol. The number of aromatic nitrogens is 4. The van der Waals surface area contributed by atoms with Gasteiger partial charge < -0.3 is 14.8 Å². The molecule has 33 heavy (non-hydrogen) atoms. The number of ether oxygens (including phenoxy) is 2. The molecule has 5 rings (SSSR count). The number of fused-ring (bicyclic) bond motifs is 3. The van der Waals surface area contributed by atoms with Crippen molar-refractivity contribution < 1.29 is 14.3 Å². The Morgan fingerprint density at radius 1 is 1.30 bits per heavy atom. The largest absolute Gasteiger partial charge is 0.494 e. The van der Waals surface area contributed by atoms with Crippen molar-refractivity contribution in [3.63, 3.8) is 0 Å². The van der Waals surface area contributed by atoms with E-state index in [1.54, 1.807) is 16.7 Å². The van der Waals surface area contributed by atoms with Gasteiger partial charge in [0.1, 0.15) is 10.4 Å². The second kappa shape index (κ2) is 9.54. The summed E-state index contributed by atoms with van der Waals surface area (Å²) in [7, 11) is 0. The number of benzene rings is 1. The van der Waals surface area contributed by atoms with Crippen molar-refractivity contribution in [1.82, 2.24) is 19.2 Å². The summed E-state index contributed by atoms with van der Waals surface area (Å²) in [6.45, 7) is 3.67. The Balaban J connectivity index is 1.37. The molecule has 1 amide bonds. The van der Waals surface area contributed by atoms with E-state index >= 15 is 0 Å². The zero-order valence-electron chi connectivity index (χ0n) is 18.0. The molecule has 1 atom stereocenters. The summed E-state index contributed by atoms with van der Waals surface area (Å²) in [6.07, 6.45) is 1.91. The van der Waals surface area contributed by atoms with E-state index < -0.39 is 0 Å². The maximum atomic E-state index is 13.1. The van der Waals surface area contributed by atoms with Crippen LogP contribution in [0.15, 0.2) is 45.7 Å². The van der Waals surface area contributed by atoms with Crippen LogP contribution >= 0.6 is 23.1 Å². The van der Waals surface area contributed by atoms with E-state index in [4.69, 9.17) is 9.47 Å². The monoisotopic (exact) mass is 485 g/mol. The van der Waals surface area contributed by atoms with Crippen molar-refractivity contribution in [3.8, 4) is 5.75 Å². The molecular formula is C22H23N5O4S2. The predicted molar refractivity (Wildman–Crippen MR) is 129 cm³/mol. The van der Waals surface area contributed by atoms with E-state index in [9.17, 15) is 9.59 Å². The molecule has 1 aliphatic rings. The van der Waals surface area contributed by atoms with E-state index in [1.165, 1.54) is 23.1 Å². The van der Waals surface area contributed by atoms with Gasteiger partial charge >= 0.3 is 0 Å². The molecule has 9 nitrogen and oxygen atoms in total. The molecular weight excluding hydrogens is 462 g/mol. The lowest BCUT2D eigenvalue weighted by Gasteiger charge is -2.13. The summed E-state index contributed by atoms with van der Waals surface area (Å²) in [4.78, 5) is 25.6. The van der Waals surface area contributed by atoms with Crippen LogP contribution in [0.4, 0.5) is 5.69 Å². The van der Waals surface area contributed by atoms with Gasteiger partial charge in [-0.15, -0.1) is 21.5 Å². The number of nitrogens with one attached hydrogen (secondary N) is 1. The van der Waals surface area contributed by atoms with E-state index in [2.05, 4.69) is 15.5 Å². The van der Waals surface area contributed by atoms with Gasteiger partial charge in [0.2, 0.25) is 11.7 Å². The van der Waals surface area contributed by atoms with Gasteiger partial charge in [0.05, 0.1) is 30.5 Å². The summed E-state index contributed by atoms with van der Waals surface area (Å²) in [5, 5.41) is 13.9. The molecule has 4 aromatic rings. The highest BCUT2D eigenvalue weighted by Crippen LogP contribution is 2.25. The Morgan fingerprint density at radius 2 is 2.15 bits per heavy atom. The molecule has 0 spiro atoms. The molecule has 1 aromatic carbocycles. The first-order valence-corrected chi connectivity index (χ1v) is 12.6. The predicted octanol–water partition coefficient (Wildman–Crippen LogP) is 3.41. The Hall–Kier alpha value is -2.89. The van der Waals surface area contributed by atoms with Crippen LogP contribution < -0.4 is 15.6 Å². The highest BCUT2D eigenvalue weighted by molar-refractivity contribution is 7.99. The third kappa shape index (κ3) is 4.48. The third-order valence-corrected chi connectivity index (χ3v) is 7.19. The molecule has 11 heteroatoms. The number of hydrogen-bond acceptors (Lipinski definition) is 8. The van der Waals surface area contributed by atoms with Gasteiger partial charge in [-0.25, -0.2) is 0 Å². The fourth-order valence-electron chi connectivity index (χ4n) is 3.88. The van der Waals surface area contributed by atoms with Crippen molar-refractivity contribution in [2.24, 2.45) is 0 Å². The summed E-state index contributed by atoms with van der Waals surface area (Å²) in [5.41, 5.74) is 1.36. The average Bonchev–Trinajstić information content (AvgIpc) is 3.57. The number of thioether (sulfide) groups is 1. The van der Waals surface area contributed by atoms with Gasteiger partial charge in [0.25, 0.3) is 5.56 Å². The van der Waals surface area contributed by atoms with Crippen molar-refractivity contribution >= 4 is 50.7 Å². The van der Waals surface area contributed by atoms with Crippen LogP contribution in [0.25, 0.3) is 16.0 Å². The number of thiophene rings is 1. The smallest absolute Gasteiger partial charge is 0.272 e. The third-order valence-electron chi connectivity index (χ3n) is 5.37. The van der Waals surface area contributed by atoms with E-state index in [1.807, 2.05) is 34.9 Å². The van der Waals surface area contributed by atoms with E-state index in [0.29, 0.717) is 41.1 Å². The fraction of sp³-hybridized carbons (Fsp3) is 0.364. The maximum absolute atomic E-state index is 13.1. The molecule has 1 unspecified atom stereocenters. The number of amides is 1. The summed E-state index contributed by atoms with van der Waals surface area (Å²) in [6, 6.07) is 9.13. The number of hydrogen-bond donors (Lipinski definition) is 1. The molecule has 172 valence electrons.